The summed E-state index contributed by atoms with van der Waals surface area (Å²) < 4.78 is 45.4. The highest BCUT2D eigenvalue weighted by Crippen LogP contribution is 2.21. The molecule has 0 aromatic heterocycles. The third-order valence-electron chi connectivity index (χ3n) is 2.60. The Hall–Kier alpha value is -1.12. The molecule has 19 heavy (non-hydrogen) atoms. The van der Waals surface area contributed by atoms with E-state index >= 15 is 0 Å². The van der Waals surface area contributed by atoms with Crippen molar-refractivity contribution in [3.05, 3.63) is 23.8 Å². The van der Waals surface area contributed by atoms with Gasteiger partial charge in [0, 0.05) is 5.69 Å². The van der Waals surface area contributed by atoms with Crippen molar-refractivity contribution in [3.63, 3.8) is 0 Å². The van der Waals surface area contributed by atoms with Gasteiger partial charge in [0.1, 0.15) is 0 Å². The number of nitrogen functional groups attached to an aromatic ring is 1. The lowest BCUT2D eigenvalue weighted by molar-refractivity contribution is 0.590. The van der Waals surface area contributed by atoms with Crippen LogP contribution in [0.3, 0.4) is 0 Å². The fraction of sp³-hybridized carbons (Fsp3) is 0.455. The Balaban J connectivity index is 3.07. The lowest BCUT2D eigenvalue weighted by Crippen LogP contribution is -2.23. The summed E-state index contributed by atoms with van der Waals surface area (Å²) in [7, 11) is -8.07. The van der Waals surface area contributed by atoms with Crippen LogP contribution in [0.15, 0.2) is 23.1 Å². The molecule has 0 atom stereocenters. The van der Waals surface area contributed by atoms with E-state index in [1.54, 1.807) is 6.07 Å². The van der Waals surface area contributed by atoms with Crippen molar-refractivity contribution in [3.8, 4) is 0 Å². The normalized spacial score (nSPS) is 12.5. The van der Waals surface area contributed by atoms with Crippen LogP contribution in [-0.4, -0.2) is 21.9 Å². The zero-order chi connectivity index (χ0) is 14.7. The van der Waals surface area contributed by atoms with Crippen LogP contribution in [0, 0.1) is 0 Å². The second-order valence-electron chi connectivity index (χ2n) is 4.36. The molecule has 1 rings (SSSR count). The van der Waals surface area contributed by atoms with Crippen molar-refractivity contribution in [1.82, 2.24) is 0 Å². The number of rotatable bonds is 6. The van der Waals surface area contributed by atoms with Gasteiger partial charge in [-0.3, -0.25) is 0 Å². The quantitative estimate of drug-likeness (QED) is 0.747. The first kappa shape index (κ1) is 15.9. The molecule has 0 heterocycles. The third-order valence-corrected chi connectivity index (χ3v) is 6.12. The highest BCUT2D eigenvalue weighted by atomic mass is 32.3. The molecule has 0 saturated heterocycles. The van der Waals surface area contributed by atoms with E-state index in [-0.39, 0.29) is 4.90 Å². The van der Waals surface area contributed by atoms with Crippen LogP contribution in [0.5, 0.6) is 0 Å². The zero-order valence-electron chi connectivity index (χ0n) is 10.7. The second kappa shape index (κ2) is 5.89. The van der Waals surface area contributed by atoms with Crippen LogP contribution in [0.25, 0.3) is 0 Å². The SMILES string of the molecule is CCCCc1ccc(S(=O)(=O)CS(N)(=O)=O)cc1N. The van der Waals surface area contributed by atoms with Gasteiger partial charge >= 0.3 is 0 Å². The molecular formula is C11H18N2O4S2. The van der Waals surface area contributed by atoms with Gasteiger partial charge in [-0.25, -0.2) is 22.0 Å². The van der Waals surface area contributed by atoms with Gasteiger partial charge in [0.2, 0.25) is 10.0 Å². The Morgan fingerprint density at radius 3 is 2.26 bits per heavy atom. The first-order valence-electron chi connectivity index (χ1n) is 5.77. The summed E-state index contributed by atoms with van der Waals surface area (Å²) in [6, 6.07) is 4.26. The molecule has 0 spiro atoms. The topological polar surface area (TPSA) is 120 Å². The lowest BCUT2D eigenvalue weighted by Gasteiger charge is -2.08. The number of anilines is 1. The van der Waals surface area contributed by atoms with Gasteiger partial charge in [0.05, 0.1) is 4.90 Å². The summed E-state index contributed by atoms with van der Waals surface area (Å²) in [5.74, 6) is 0. The largest absolute Gasteiger partial charge is 0.398 e. The van der Waals surface area contributed by atoms with E-state index in [0.717, 1.165) is 24.8 Å². The molecule has 0 radical (unpaired) electrons. The molecule has 0 aliphatic carbocycles. The van der Waals surface area contributed by atoms with E-state index in [1.807, 2.05) is 6.92 Å². The fourth-order valence-corrected chi connectivity index (χ4v) is 4.50. The summed E-state index contributed by atoms with van der Waals surface area (Å²) in [6.07, 6.45) is 2.72. The molecular weight excluding hydrogens is 288 g/mol. The second-order valence-corrected chi connectivity index (χ2v) is 8.33. The van der Waals surface area contributed by atoms with Gasteiger partial charge < -0.3 is 5.73 Å². The van der Waals surface area contributed by atoms with Gasteiger partial charge in [-0.05, 0) is 30.5 Å². The van der Waals surface area contributed by atoms with Gasteiger partial charge in [-0.15, -0.1) is 0 Å². The number of unbranched alkanes of at least 4 members (excludes halogenated alkanes) is 1. The average Bonchev–Trinajstić information content (AvgIpc) is 2.24. The molecule has 108 valence electrons. The van der Waals surface area contributed by atoms with Crippen molar-refractivity contribution >= 4 is 25.5 Å². The summed E-state index contributed by atoms with van der Waals surface area (Å²) >= 11 is 0. The monoisotopic (exact) mass is 306 g/mol. The molecule has 6 nitrogen and oxygen atoms in total. The zero-order valence-corrected chi connectivity index (χ0v) is 12.3. The summed E-state index contributed by atoms with van der Waals surface area (Å²) in [5.41, 5.74) is 6.99. The van der Waals surface area contributed by atoms with E-state index in [2.05, 4.69) is 0 Å². The van der Waals surface area contributed by atoms with Gasteiger partial charge in [-0.2, -0.15) is 0 Å². The molecule has 0 unspecified atom stereocenters. The number of sulfone groups is 1. The maximum absolute atomic E-state index is 11.8. The fourth-order valence-electron chi connectivity index (χ4n) is 1.65. The minimum absolute atomic E-state index is 0.126. The number of hydrogen-bond acceptors (Lipinski definition) is 5. The Labute approximate surface area is 113 Å². The maximum atomic E-state index is 11.8. The number of nitrogens with two attached hydrogens (primary N) is 2. The Kier molecular flexibility index (Phi) is 4.94. The highest BCUT2D eigenvalue weighted by Gasteiger charge is 2.21. The van der Waals surface area contributed by atoms with Crippen LogP contribution in [-0.2, 0) is 26.3 Å². The van der Waals surface area contributed by atoms with E-state index in [0.29, 0.717) is 5.69 Å². The minimum Gasteiger partial charge on any atom is -0.398 e. The van der Waals surface area contributed by atoms with Crippen LogP contribution < -0.4 is 10.9 Å². The molecule has 0 aliphatic heterocycles. The van der Waals surface area contributed by atoms with Crippen molar-refractivity contribution in [2.75, 3.05) is 10.8 Å². The maximum Gasteiger partial charge on any atom is 0.223 e. The molecule has 8 heteroatoms. The molecule has 0 bridgehead atoms. The predicted molar refractivity (Wildman–Crippen MR) is 74.6 cm³/mol. The smallest absolute Gasteiger partial charge is 0.223 e. The molecule has 0 saturated carbocycles. The van der Waals surface area contributed by atoms with E-state index in [9.17, 15) is 16.8 Å². The number of benzene rings is 1. The van der Waals surface area contributed by atoms with Crippen molar-refractivity contribution in [2.45, 2.75) is 31.1 Å². The highest BCUT2D eigenvalue weighted by molar-refractivity contribution is 8.07. The molecule has 1 aromatic carbocycles. The number of aryl methyl sites for hydroxylation is 1. The number of sulfonamides is 1. The van der Waals surface area contributed by atoms with E-state index in [1.165, 1.54) is 12.1 Å². The number of hydrogen-bond donors (Lipinski definition) is 2. The average molecular weight is 306 g/mol. The van der Waals surface area contributed by atoms with Crippen molar-refractivity contribution in [2.24, 2.45) is 5.14 Å². The first-order valence-corrected chi connectivity index (χ1v) is 9.14. The van der Waals surface area contributed by atoms with E-state index in [4.69, 9.17) is 10.9 Å². The van der Waals surface area contributed by atoms with Gasteiger partial charge in [-0.1, -0.05) is 19.4 Å². The minimum atomic E-state index is -4.10. The molecule has 0 amide bonds. The van der Waals surface area contributed by atoms with Crippen molar-refractivity contribution < 1.29 is 16.8 Å². The van der Waals surface area contributed by atoms with Crippen LogP contribution in [0.1, 0.15) is 25.3 Å². The molecule has 4 N–H and O–H groups in total. The molecule has 0 fully saturated rings. The van der Waals surface area contributed by atoms with E-state index < -0.39 is 24.9 Å². The molecule has 1 aromatic rings. The van der Waals surface area contributed by atoms with Gasteiger partial charge in [0.25, 0.3) is 0 Å². The Morgan fingerprint density at radius 1 is 1.16 bits per heavy atom. The summed E-state index contributed by atoms with van der Waals surface area (Å²) in [5, 5.41) is 3.64. The first-order chi connectivity index (χ1) is 8.65. The van der Waals surface area contributed by atoms with Gasteiger partial charge in [0.15, 0.2) is 14.9 Å². The third kappa shape index (κ3) is 4.81. The summed E-state index contributed by atoms with van der Waals surface area (Å²) in [4.78, 5) is -0.126. The van der Waals surface area contributed by atoms with Crippen LogP contribution in [0.2, 0.25) is 0 Å². The number of primary sulfonamides is 1. The van der Waals surface area contributed by atoms with Crippen LogP contribution in [0.4, 0.5) is 5.69 Å². The predicted octanol–water partition coefficient (Wildman–Crippen LogP) is 0.631. The Bertz CT molecular complexity index is 651. The lowest BCUT2D eigenvalue weighted by atomic mass is 10.1. The van der Waals surface area contributed by atoms with Crippen LogP contribution >= 0.6 is 0 Å². The Morgan fingerprint density at radius 2 is 1.79 bits per heavy atom. The summed E-state index contributed by atoms with van der Waals surface area (Å²) in [6.45, 7) is 2.04. The standard InChI is InChI=1S/C11H18N2O4S2/c1-2-3-4-9-5-6-10(7-11(9)12)18(14,15)8-19(13,16)17/h5-7H,2-4,8,12H2,1H3,(H2,13,16,17). The molecule has 0 aliphatic rings. The van der Waals surface area contributed by atoms with Crippen molar-refractivity contribution in [1.29, 1.82) is 0 Å².